The summed E-state index contributed by atoms with van der Waals surface area (Å²) in [5.74, 6) is -0.0282. The first-order valence-corrected chi connectivity index (χ1v) is 9.65. The van der Waals surface area contributed by atoms with Crippen molar-refractivity contribution in [1.82, 2.24) is 9.88 Å². The van der Waals surface area contributed by atoms with Gasteiger partial charge in [-0.05, 0) is 51.7 Å². The highest BCUT2D eigenvalue weighted by Gasteiger charge is 2.23. The summed E-state index contributed by atoms with van der Waals surface area (Å²) in [4.78, 5) is 21.8. The van der Waals surface area contributed by atoms with E-state index in [9.17, 15) is 4.79 Å². The molecule has 3 aromatic rings. The highest BCUT2D eigenvalue weighted by atomic mass is 35.5. The lowest BCUT2D eigenvalue weighted by atomic mass is 10.0. The number of anilines is 1. The zero-order valence-electron chi connectivity index (χ0n) is 15.4. The lowest BCUT2D eigenvalue weighted by Crippen LogP contribution is -2.37. The van der Waals surface area contributed by atoms with E-state index in [0.717, 1.165) is 27.9 Å². The van der Waals surface area contributed by atoms with E-state index in [2.05, 4.69) is 9.88 Å². The molecule has 0 atom stereocenters. The third-order valence-corrected chi connectivity index (χ3v) is 5.57. The van der Waals surface area contributed by atoms with Gasteiger partial charge in [-0.2, -0.15) is 0 Å². The van der Waals surface area contributed by atoms with Crippen molar-refractivity contribution in [3.05, 3.63) is 58.1 Å². The molecule has 1 aromatic heterocycles. The first-order valence-electron chi connectivity index (χ1n) is 8.45. The third kappa shape index (κ3) is 3.90. The van der Waals surface area contributed by atoms with Gasteiger partial charge in [0.25, 0.3) is 5.91 Å². The Morgan fingerprint density at radius 1 is 1.15 bits per heavy atom. The Hall–Kier alpha value is -1.95. The Morgan fingerprint density at radius 3 is 2.58 bits per heavy atom. The number of rotatable bonds is 5. The van der Waals surface area contributed by atoms with E-state index in [1.165, 1.54) is 11.3 Å². The number of halogens is 1. The highest BCUT2D eigenvalue weighted by Crippen LogP contribution is 2.33. The molecule has 0 saturated carbocycles. The summed E-state index contributed by atoms with van der Waals surface area (Å²) < 4.78 is 0.982. The van der Waals surface area contributed by atoms with Crippen LogP contribution in [0.15, 0.2) is 36.4 Å². The summed E-state index contributed by atoms with van der Waals surface area (Å²) in [6, 6.07) is 11.6. The minimum atomic E-state index is -0.0282. The van der Waals surface area contributed by atoms with Crippen LogP contribution in [-0.2, 0) is 0 Å². The van der Waals surface area contributed by atoms with Crippen molar-refractivity contribution in [3.8, 4) is 0 Å². The number of aryl methyl sites for hydroxylation is 2. The molecule has 0 unspecified atom stereocenters. The van der Waals surface area contributed by atoms with Crippen LogP contribution in [0.3, 0.4) is 0 Å². The topological polar surface area (TPSA) is 36.4 Å². The number of aromatic nitrogens is 1. The highest BCUT2D eigenvalue weighted by molar-refractivity contribution is 7.22. The zero-order valence-corrected chi connectivity index (χ0v) is 17.0. The fraction of sp³-hybridized carbons (Fsp3) is 0.300. The summed E-state index contributed by atoms with van der Waals surface area (Å²) in [6.07, 6.45) is 0. The molecule has 0 aliphatic carbocycles. The standard InChI is InChI=1S/C20H22ClN3OS/c1-13-8-9-15(14(2)12-13)19(25)24(11-10-23(3)4)20-22-18-16(21)6-5-7-17(18)26-20/h5-9,12H,10-11H2,1-4H3. The van der Waals surface area contributed by atoms with Gasteiger partial charge in [0.2, 0.25) is 0 Å². The molecule has 4 nitrogen and oxygen atoms in total. The Labute approximate surface area is 163 Å². The van der Waals surface area contributed by atoms with Crippen molar-refractivity contribution in [2.45, 2.75) is 13.8 Å². The Morgan fingerprint density at radius 2 is 1.92 bits per heavy atom. The minimum absolute atomic E-state index is 0.0282. The molecule has 0 spiro atoms. The lowest BCUT2D eigenvalue weighted by molar-refractivity contribution is 0.0984. The summed E-state index contributed by atoms with van der Waals surface area (Å²) in [5, 5.41) is 1.29. The number of benzene rings is 2. The summed E-state index contributed by atoms with van der Waals surface area (Å²) in [7, 11) is 3.99. The molecule has 0 aliphatic rings. The number of carbonyl (C=O) groups is 1. The second kappa shape index (κ2) is 7.74. The predicted octanol–water partition coefficient (Wildman–Crippen LogP) is 4.77. The van der Waals surface area contributed by atoms with E-state index in [1.54, 1.807) is 4.90 Å². The van der Waals surface area contributed by atoms with Crippen LogP contribution >= 0.6 is 22.9 Å². The van der Waals surface area contributed by atoms with E-state index in [4.69, 9.17) is 11.6 Å². The van der Waals surface area contributed by atoms with Gasteiger partial charge in [0.05, 0.1) is 9.72 Å². The van der Waals surface area contributed by atoms with Crippen molar-refractivity contribution >= 4 is 44.2 Å². The van der Waals surface area contributed by atoms with Crippen LogP contribution in [0.25, 0.3) is 10.2 Å². The number of para-hydroxylation sites is 1. The van der Waals surface area contributed by atoms with Gasteiger partial charge in [0.1, 0.15) is 5.52 Å². The van der Waals surface area contributed by atoms with Gasteiger partial charge in [-0.15, -0.1) is 0 Å². The fourth-order valence-corrected chi connectivity index (χ4v) is 4.09. The first kappa shape index (κ1) is 18.8. The van der Waals surface area contributed by atoms with E-state index in [1.807, 2.05) is 64.3 Å². The maximum Gasteiger partial charge on any atom is 0.260 e. The van der Waals surface area contributed by atoms with Crippen molar-refractivity contribution in [3.63, 3.8) is 0 Å². The lowest BCUT2D eigenvalue weighted by Gasteiger charge is -2.23. The van der Waals surface area contributed by atoms with Crippen LogP contribution in [0.2, 0.25) is 5.02 Å². The maximum absolute atomic E-state index is 13.3. The number of likely N-dealkylation sites (N-methyl/N-ethyl adjacent to an activating group) is 1. The van der Waals surface area contributed by atoms with E-state index in [-0.39, 0.29) is 5.91 Å². The zero-order chi connectivity index (χ0) is 18.8. The average Bonchev–Trinajstić information content (AvgIpc) is 3.00. The molecule has 0 bridgehead atoms. The Bertz CT molecular complexity index is 951. The molecule has 0 radical (unpaired) electrons. The molecule has 136 valence electrons. The van der Waals surface area contributed by atoms with Crippen LogP contribution in [-0.4, -0.2) is 43.0 Å². The van der Waals surface area contributed by atoms with E-state index < -0.39 is 0 Å². The molecule has 6 heteroatoms. The number of fused-ring (bicyclic) bond motifs is 1. The number of amides is 1. The quantitative estimate of drug-likeness (QED) is 0.632. The van der Waals surface area contributed by atoms with Crippen LogP contribution in [0.4, 0.5) is 5.13 Å². The number of carbonyl (C=O) groups excluding carboxylic acids is 1. The summed E-state index contributed by atoms with van der Waals surface area (Å²) in [6.45, 7) is 5.32. The predicted molar refractivity (Wildman–Crippen MR) is 111 cm³/mol. The summed E-state index contributed by atoms with van der Waals surface area (Å²) >= 11 is 7.77. The van der Waals surface area contributed by atoms with Crippen molar-refractivity contribution < 1.29 is 4.79 Å². The second-order valence-electron chi connectivity index (χ2n) is 6.66. The number of hydrogen-bond donors (Lipinski definition) is 0. The molecule has 26 heavy (non-hydrogen) atoms. The minimum Gasteiger partial charge on any atom is -0.308 e. The number of hydrogen-bond acceptors (Lipinski definition) is 4. The largest absolute Gasteiger partial charge is 0.308 e. The molecule has 0 N–H and O–H groups in total. The number of thiazole rings is 1. The van der Waals surface area contributed by atoms with Gasteiger partial charge in [-0.1, -0.05) is 46.7 Å². The molecule has 2 aromatic carbocycles. The van der Waals surface area contributed by atoms with E-state index >= 15 is 0 Å². The molecular formula is C20H22ClN3OS. The number of nitrogens with zero attached hydrogens (tertiary/aromatic N) is 3. The molecule has 3 rings (SSSR count). The smallest absolute Gasteiger partial charge is 0.260 e. The SMILES string of the molecule is Cc1ccc(C(=O)N(CCN(C)C)c2nc3c(Cl)cccc3s2)c(C)c1. The van der Waals surface area contributed by atoms with Crippen molar-refractivity contribution in [2.24, 2.45) is 0 Å². The van der Waals surface area contributed by atoms with Crippen LogP contribution < -0.4 is 4.90 Å². The average molecular weight is 388 g/mol. The molecule has 1 amide bonds. The summed E-state index contributed by atoms with van der Waals surface area (Å²) in [5.41, 5.74) is 3.58. The van der Waals surface area contributed by atoms with E-state index in [0.29, 0.717) is 22.3 Å². The monoisotopic (exact) mass is 387 g/mol. The molecule has 0 fully saturated rings. The third-order valence-electron chi connectivity index (χ3n) is 4.22. The maximum atomic E-state index is 13.3. The van der Waals surface area contributed by atoms with Gasteiger partial charge in [-0.25, -0.2) is 4.98 Å². The second-order valence-corrected chi connectivity index (χ2v) is 8.08. The fourth-order valence-electron chi connectivity index (χ4n) is 2.80. The van der Waals surface area contributed by atoms with Crippen molar-refractivity contribution in [2.75, 3.05) is 32.1 Å². The van der Waals surface area contributed by atoms with Gasteiger partial charge in [0, 0.05) is 18.7 Å². The van der Waals surface area contributed by atoms with Gasteiger partial charge >= 0.3 is 0 Å². The molecule has 0 aliphatic heterocycles. The first-order chi connectivity index (χ1) is 12.4. The molecule has 0 saturated heterocycles. The van der Waals surface area contributed by atoms with Crippen molar-refractivity contribution in [1.29, 1.82) is 0 Å². The van der Waals surface area contributed by atoms with Gasteiger partial charge < -0.3 is 4.90 Å². The van der Waals surface area contributed by atoms with Crippen LogP contribution in [0, 0.1) is 13.8 Å². The van der Waals surface area contributed by atoms with Crippen LogP contribution in [0.1, 0.15) is 21.5 Å². The normalized spacial score (nSPS) is 11.3. The molecular weight excluding hydrogens is 366 g/mol. The van der Waals surface area contributed by atoms with Crippen LogP contribution in [0.5, 0.6) is 0 Å². The Kier molecular flexibility index (Phi) is 5.61. The Balaban J connectivity index is 2.03. The van der Waals surface area contributed by atoms with Gasteiger partial charge in [0.15, 0.2) is 5.13 Å². The van der Waals surface area contributed by atoms with Gasteiger partial charge in [-0.3, -0.25) is 9.69 Å². The molecule has 1 heterocycles.